The van der Waals surface area contributed by atoms with Crippen molar-refractivity contribution < 1.29 is 51.9 Å². The molecule has 0 radical (unpaired) electrons. The number of aromatic amines is 1. The van der Waals surface area contributed by atoms with Crippen LogP contribution in [-0.4, -0.2) is 68.1 Å². The Morgan fingerprint density at radius 3 is 1.95 bits per heavy atom. The van der Waals surface area contributed by atoms with Gasteiger partial charge in [0.25, 0.3) is 40.5 Å². The molecular formula is C21H20N4O12S4. The summed E-state index contributed by atoms with van der Waals surface area (Å²) in [6.45, 7) is 1.63. The minimum Gasteiger partial charge on any atom is -0.397 e. The zero-order chi connectivity index (χ0) is 31.0. The third kappa shape index (κ3) is 7.71. The van der Waals surface area contributed by atoms with Crippen molar-refractivity contribution in [2.45, 2.75) is 26.5 Å². The average molecular weight is 649 g/mol. The fourth-order valence-electron chi connectivity index (χ4n) is 3.31. The number of hydrogen-bond acceptors (Lipinski definition) is 11. The van der Waals surface area contributed by atoms with Gasteiger partial charge in [-0.05, 0) is 42.8 Å². The maximum Gasteiger partial charge on any atom is 0.296 e. The summed E-state index contributed by atoms with van der Waals surface area (Å²) in [5.41, 5.74) is 4.52. The van der Waals surface area contributed by atoms with Crippen LogP contribution in [0.5, 0.6) is 0 Å². The Labute approximate surface area is 233 Å². The van der Waals surface area contributed by atoms with Crippen LogP contribution in [0.1, 0.15) is 12.7 Å². The molecule has 0 fully saturated rings. The molecule has 0 saturated heterocycles. The topological polar surface area (TPSA) is 285 Å². The van der Waals surface area contributed by atoms with E-state index in [1.54, 1.807) is 13.0 Å². The van der Waals surface area contributed by atoms with Crippen LogP contribution in [-0.2, 0) is 40.5 Å². The van der Waals surface area contributed by atoms with Crippen molar-refractivity contribution in [2.24, 2.45) is 4.99 Å². The maximum absolute atomic E-state index is 11.8. The summed E-state index contributed by atoms with van der Waals surface area (Å²) >= 11 is 0. The largest absolute Gasteiger partial charge is 0.397 e. The normalized spacial score (nSPS) is 14.2. The highest BCUT2D eigenvalue weighted by Crippen LogP contribution is 2.34. The molecular weight excluding hydrogens is 629 g/mol. The van der Waals surface area contributed by atoms with Gasteiger partial charge in [-0.15, -0.1) is 0 Å². The van der Waals surface area contributed by atoms with E-state index in [2.05, 4.69) is 15.0 Å². The summed E-state index contributed by atoms with van der Waals surface area (Å²) in [4.78, 5) is 6.99. The van der Waals surface area contributed by atoms with E-state index in [0.717, 1.165) is 18.3 Å². The summed E-state index contributed by atoms with van der Waals surface area (Å²) in [7, 11) is -19.7. The summed E-state index contributed by atoms with van der Waals surface area (Å²) in [5, 5.41) is 0. The first-order chi connectivity index (χ1) is 18.7. The van der Waals surface area contributed by atoms with E-state index in [4.69, 9.17) is 5.73 Å². The molecule has 0 aliphatic heterocycles. The summed E-state index contributed by atoms with van der Waals surface area (Å²) < 4.78 is 130. The van der Waals surface area contributed by atoms with Gasteiger partial charge in [0.1, 0.15) is 26.8 Å². The zero-order valence-electron chi connectivity index (χ0n) is 20.4. The molecule has 3 rings (SSSR count). The summed E-state index contributed by atoms with van der Waals surface area (Å²) in [5.74, 6) is -0.0101. The summed E-state index contributed by atoms with van der Waals surface area (Å²) in [6.07, 6.45) is 8.24. The van der Waals surface area contributed by atoms with Crippen molar-refractivity contribution >= 4 is 75.2 Å². The van der Waals surface area contributed by atoms with Crippen molar-refractivity contribution in [1.29, 1.82) is 0 Å². The van der Waals surface area contributed by atoms with Crippen LogP contribution in [0.2, 0.25) is 0 Å². The van der Waals surface area contributed by atoms with E-state index in [1.165, 1.54) is 24.3 Å². The Kier molecular flexibility index (Phi) is 8.72. The average Bonchev–Trinajstić information content (AvgIpc) is 3.22. The van der Waals surface area contributed by atoms with Gasteiger partial charge in [-0.1, -0.05) is 24.3 Å². The Balaban J connectivity index is 2.06. The first kappa shape index (κ1) is 31.8. The van der Waals surface area contributed by atoms with E-state index in [-0.39, 0.29) is 22.4 Å². The van der Waals surface area contributed by atoms with Gasteiger partial charge in [0.2, 0.25) is 0 Å². The SMILES string of the molecule is C\C=C/C(C=Nc1c(N)cc(S(=O)(=O)O)cc1S(=O)(=O)O)=C\C=C\c1nc2c(S(=O)(=O)O)cc(S(=O)(=O)O)cc2[nH]1. The second kappa shape index (κ2) is 11.3. The Hall–Kier alpha value is -3.76. The number of nitrogens with one attached hydrogen (secondary N) is 1. The molecule has 3 aromatic rings. The van der Waals surface area contributed by atoms with Crippen LogP contribution in [0.4, 0.5) is 11.4 Å². The first-order valence-corrected chi connectivity index (χ1v) is 16.4. The minimum atomic E-state index is -5.04. The second-order valence-electron chi connectivity index (χ2n) is 7.98. The second-order valence-corrected chi connectivity index (χ2v) is 13.6. The lowest BCUT2D eigenvalue weighted by molar-refractivity contribution is 0.477. The molecule has 0 unspecified atom stereocenters. The van der Waals surface area contributed by atoms with Gasteiger partial charge in [0, 0.05) is 6.21 Å². The fraction of sp³-hybridized carbons (Fsp3) is 0.0476. The van der Waals surface area contributed by atoms with Crippen LogP contribution < -0.4 is 5.73 Å². The van der Waals surface area contributed by atoms with E-state index in [9.17, 15) is 51.9 Å². The standard InChI is InChI=1S/C21H20N4O12S4/c1-2-4-12(11-23-20-15(22)7-13(38(26,27)28)9-17(20)40(32,33)34)5-3-6-19-24-16-8-14(39(29,30)31)10-18(21(16)25-19)41(35,36)37/h2-11H,22H2,1H3,(H,24,25)(H,26,27,28)(H,29,30,31)(H,32,33,34)(H,35,36,37)/b4-2-,6-3+,12-5+,23-11?. The summed E-state index contributed by atoms with van der Waals surface area (Å²) in [6, 6.07) is 2.66. The number of imidazole rings is 1. The number of allylic oxidation sites excluding steroid dienone is 5. The number of aromatic nitrogens is 2. The highest BCUT2D eigenvalue weighted by molar-refractivity contribution is 7.87. The van der Waals surface area contributed by atoms with Crippen molar-refractivity contribution in [3.05, 3.63) is 60.0 Å². The monoisotopic (exact) mass is 648 g/mol. The lowest BCUT2D eigenvalue weighted by Gasteiger charge is -2.08. The quantitative estimate of drug-likeness (QED) is 0.0838. The molecule has 0 saturated carbocycles. The maximum atomic E-state index is 11.8. The number of nitrogens with zero attached hydrogens (tertiary/aromatic N) is 2. The molecule has 0 aliphatic rings. The van der Waals surface area contributed by atoms with Gasteiger partial charge in [0.05, 0.1) is 21.0 Å². The van der Waals surface area contributed by atoms with E-state index < -0.39 is 71.4 Å². The number of fused-ring (bicyclic) bond motifs is 1. The molecule has 41 heavy (non-hydrogen) atoms. The molecule has 2 aromatic carbocycles. The smallest absolute Gasteiger partial charge is 0.296 e. The molecule has 0 spiro atoms. The van der Waals surface area contributed by atoms with Crippen molar-refractivity contribution in [2.75, 3.05) is 5.73 Å². The van der Waals surface area contributed by atoms with Gasteiger partial charge in [0.15, 0.2) is 0 Å². The van der Waals surface area contributed by atoms with Crippen molar-refractivity contribution in [3.8, 4) is 0 Å². The Morgan fingerprint density at radius 1 is 0.854 bits per heavy atom. The third-order valence-electron chi connectivity index (χ3n) is 5.02. The number of aliphatic imine (C=N–C) groups is 1. The van der Waals surface area contributed by atoms with Crippen LogP contribution in [0.15, 0.2) is 78.7 Å². The van der Waals surface area contributed by atoms with Crippen molar-refractivity contribution in [1.82, 2.24) is 9.97 Å². The first-order valence-electron chi connectivity index (χ1n) is 10.6. The molecule has 0 aliphatic carbocycles. The van der Waals surface area contributed by atoms with Gasteiger partial charge in [-0.2, -0.15) is 33.7 Å². The van der Waals surface area contributed by atoms with Crippen LogP contribution in [0, 0.1) is 0 Å². The zero-order valence-corrected chi connectivity index (χ0v) is 23.7. The molecule has 20 heteroatoms. The molecule has 0 atom stereocenters. The van der Waals surface area contributed by atoms with E-state index in [0.29, 0.717) is 12.1 Å². The predicted molar refractivity (Wildman–Crippen MR) is 146 cm³/mol. The Bertz CT molecular complexity index is 2110. The number of anilines is 1. The number of nitrogen functional groups attached to an aromatic ring is 1. The molecule has 1 aromatic heterocycles. The lowest BCUT2D eigenvalue weighted by Crippen LogP contribution is -2.06. The minimum absolute atomic E-state index is 0.0101. The van der Waals surface area contributed by atoms with Crippen molar-refractivity contribution in [3.63, 3.8) is 0 Å². The molecule has 7 N–H and O–H groups in total. The highest BCUT2D eigenvalue weighted by Gasteiger charge is 2.24. The third-order valence-corrected chi connectivity index (χ3v) is 8.41. The number of hydrogen-bond donors (Lipinski definition) is 6. The van der Waals surface area contributed by atoms with Crippen LogP contribution >= 0.6 is 0 Å². The number of rotatable bonds is 9. The Morgan fingerprint density at radius 2 is 1.41 bits per heavy atom. The number of benzene rings is 2. The number of H-pyrrole nitrogens is 1. The van der Waals surface area contributed by atoms with Crippen LogP contribution in [0.3, 0.4) is 0 Å². The molecule has 1 heterocycles. The lowest BCUT2D eigenvalue weighted by atomic mass is 10.2. The fourth-order valence-corrected chi connectivity index (χ4v) is 5.91. The highest BCUT2D eigenvalue weighted by atomic mass is 32.2. The van der Waals surface area contributed by atoms with Crippen LogP contribution in [0.25, 0.3) is 17.1 Å². The van der Waals surface area contributed by atoms with E-state index in [1.807, 2.05) is 0 Å². The molecule has 0 bridgehead atoms. The molecule has 220 valence electrons. The van der Waals surface area contributed by atoms with Gasteiger partial charge >= 0.3 is 0 Å². The molecule has 0 amide bonds. The molecule has 16 nitrogen and oxygen atoms in total. The van der Waals surface area contributed by atoms with Gasteiger partial charge in [-0.3, -0.25) is 23.2 Å². The van der Waals surface area contributed by atoms with E-state index >= 15 is 0 Å². The number of nitrogens with two attached hydrogens (primary N) is 1. The predicted octanol–water partition coefficient (Wildman–Crippen LogP) is 2.05. The van der Waals surface area contributed by atoms with Gasteiger partial charge < -0.3 is 10.7 Å². The van der Waals surface area contributed by atoms with Gasteiger partial charge in [-0.25, -0.2) is 4.98 Å².